The van der Waals surface area contributed by atoms with Gasteiger partial charge in [0.05, 0.1) is 13.2 Å². The predicted molar refractivity (Wildman–Crippen MR) is 223 cm³/mol. The van der Waals surface area contributed by atoms with Gasteiger partial charge in [-0.15, -0.1) is 0 Å². The molecule has 0 amide bonds. The van der Waals surface area contributed by atoms with E-state index in [4.69, 9.17) is 9.47 Å². The first-order valence-corrected chi connectivity index (χ1v) is 20.5. The van der Waals surface area contributed by atoms with Crippen LogP contribution in [0.4, 0.5) is 0 Å². The van der Waals surface area contributed by atoms with Crippen LogP contribution in [0.3, 0.4) is 0 Å². The number of hydrogen-bond acceptors (Lipinski definition) is 4. The smallest absolute Gasteiger partial charge is 0.306 e. The highest BCUT2D eigenvalue weighted by Gasteiger charge is 2.13. The Morgan fingerprint density at radius 2 is 0.824 bits per heavy atom. The third-order valence-electron chi connectivity index (χ3n) is 8.09. The summed E-state index contributed by atoms with van der Waals surface area (Å²) >= 11 is 0. The molecule has 0 bridgehead atoms. The molecule has 0 saturated heterocycles. The van der Waals surface area contributed by atoms with Gasteiger partial charge < -0.3 is 14.6 Å². The zero-order valence-electron chi connectivity index (χ0n) is 32.8. The first kappa shape index (κ1) is 48.1. The van der Waals surface area contributed by atoms with E-state index in [9.17, 15) is 9.90 Å². The maximum absolute atomic E-state index is 12.2. The van der Waals surface area contributed by atoms with Crippen molar-refractivity contribution in [1.29, 1.82) is 0 Å². The normalized spacial score (nSPS) is 13.5. The molecule has 1 atom stereocenters. The minimum absolute atomic E-state index is 0.195. The second-order valence-electron chi connectivity index (χ2n) is 12.9. The van der Waals surface area contributed by atoms with E-state index in [2.05, 4.69) is 123 Å². The summed E-state index contributed by atoms with van der Waals surface area (Å²) in [6.45, 7) is 5.03. The van der Waals surface area contributed by atoms with Gasteiger partial charge in [-0.1, -0.05) is 162 Å². The lowest BCUT2D eigenvalue weighted by Crippen LogP contribution is -2.27. The van der Waals surface area contributed by atoms with E-state index in [1.165, 1.54) is 32.1 Å². The van der Waals surface area contributed by atoms with Gasteiger partial charge >= 0.3 is 5.97 Å². The SMILES string of the molecule is CC/C=C\C/C=C\C/C=C\C/C=C\C/C=C\C/C=C\CCCCCCCCC(=O)OC(CO)COCCCCCC/C=C\C/C=C\C/C=C\CC. The molecule has 288 valence electrons. The average Bonchev–Trinajstić information content (AvgIpc) is 3.14. The summed E-state index contributed by atoms with van der Waals surface area (Å²) in [5.41, 5.74) is 0. The molecule has 0 aliphatic carbocycles. The molecule has 0 fully saturated rings. The molecule has 0 rings (SSSR count). The van der Waals surface area contributed by atoms with E-state index in [-0.39, 0.29) is 19.2 Å². The Morgan fingerprint density at radius 1 is 0.471 bits per heavy atom. The Kier molecular flexibility index (Phi) is 40.7. The molecular formula is C47H76O4. The minimum atomic E-state index is -0.562. The van der Waals surface area contributed by atoms with Crippen molar-refractivity contribution in [3.05, 3.63) is 109 Å². The molecule has 0 aromatic rings. The molecule has 0 saturated carbocycles. The summed E-state index contributed by atoms with van der Waals surface area (Å²) in [6, 6.07) is 0. The van der Waals surface area contributed by atoms with E-state index < -0.39 is 6.10 Å². The molecule has 0 radical (unpaired) electrons. The molecule has 0 aromatic heterocycles. The van der Waals surface area contributed by atoms with E-state index in [0.717, 1.165) is 103 Å². The summed E-state index contributed by atoms with van der Waals surface area (Å²) in [5.74, 6) is -0.229. The number of carbonyl (C=O) groups is 1. The van der Waals surface area contributed by atoms with Crippen molar-refractivity contribution in [3.63, 3.8) is 0 Å². The van der Waals surface area contributed by atoms with Crippen molar-refractivity contribution in [3.8, 4) is 0 Å². The number of ether oxygens (including phenoxy) is 2. The van der Waals surface area contributed by atoms with E-state index in [0.29, 0.717) is 13.0 Å². The van der Waals surface area contributed by atoms with Crippen LogP contribution in [0.2, 0.25) is 0 Å². The Morgan fingerprint density at radius 3 is 1.24 bits per heavy atom. The topological polar surface area (TPSA) is 55.8 Å². The van der Waals surface area contributed by atoms with E-state index >= 15 is 0 Å². The number of aliphatic hydroxyl groups is 1. The standard InChI is InChI=1S/C47H76O4/c1-3-5-7-9-11-13-15-17-19-20-21-22-23-24-25-26-27-28-29-30-32-34-36-38-40-42-47(49)51-46(44-48)45-50-43-41-39-37-35-33-31-18-16-14-12-10-8-6-4-2/h5-8,11-14,17-19,21-22,24-25,27-28,31,46,48H,3-4,9-10,15-16,20,23,26,29-30,32-45H2,1-2H3/b7-5-,8-6-,13-11-,14-12-,19-17-,22-21-,25-24-,28-27-,31-18-. The summed E-state index contributed by atoms with van der Waals surface area (Å²) in [4.78, 5) is 12.2. The van der Waals surface area contributed by atoms with Crippen LogP contribution in [0, 0.1) is 0 Å². The second-order valence-corrected chi connectivity index (χ2v) is 12.9. The van der Waals surface area contributed by atoms with Crippen LogP contribution in [0.1, 0.15) is 155 Å². The lowest BCUT2D eigenvalue weighted by Gasteiger charge is -2.15. The molecule has 51 heavy (non-hydrogen) atoms. The summed E-state index contributed by atoms with van der Waals surface area (Å²) in [7, 11) is 0. The zero-order valence-corrected chi connectivity index (χ0v) is 32.8. The number of allylic oxidation sites excluding steroid dienone is 18. The van der Waals surface area contributed by atoms with Crippen molar-refractivity contribution >= 4 is 5.97 Å². The Balaban J connectivity index is 3.58. The highest BCUT2D eigenvalue weighted by atomic mass is 16.6. The van der Waals surface area contributed by atoms with E-state index in [1.807, 2.05) is 0 Å². The van der Waals surface area contributed by atoms with Crippen LogP contribution < -0.4 is 0 Å². The molecule has 0 aromatic carbocycles. The van der Waals surface area contributed by atoms with Crippen molar-refractivity contribution in [2.75, 3.05) is 19.8 Å². The quantitative estimate of drug-likeness (QED) is 0.0401. The highest BCUT2D eigenvalue weighted by Crippen LogP contribution is 2.11. The minimum Gasteiger partial charge on any atom is -0.457 e. The van der Waals surface area contributed by atoms with Gasteiger partial charge in [-0.25, -0.2) is 0 Å². The first-order chi connectivity index (χ1) is 25.2. The van der Waals surface area contributed by atoms with Crippen molar-refractivity contribution in [1.82, 2.24) is 0 Å². The van der Waals surface area contributed by atoms with Crippen LogP contribution in [-0.2, 0) is 14.3 Å². The molecule has 4 nitrogen and oxygen atoms in total. The average molecular weight is 705 g/mol. The van der Waals surface area contributed by atoms with E-state index in [1.54, 1.807) is 0 Å². The van der Waals surface area contributed by atoms with Gasteiger partial charge in [0.25, 0.3) is 0 Å². The van der Waals surface area contributed by atoms with Gasteiger partial charge in [0.1, 0.15) is 6.10 Å². The molecule has 0 spiro atoms. The lowest BCUT2D eigenvalue weighted by molar-refractivity contribution is -0.154. The molecule has 4 heteroatoms. The zero-order chi connectivity index (χ0) is 37.0. The number of esters is 1. The van der Waals surface area contributed by atoms with Crippen LogP contribution in [0.15, 0.2) is 109 Å². The summed E-state index contributed by atoms with van der Waals surface area (Å²) < 4.78 is 11.1. The lowest BCUT2D eigenvalue weighted by atomic mass is 10.1. The summed E-state index contributed by atoms with van der Waals surface area (Å²) in [5, 5.41) is 9.58. The number of rotatable bonds is 36. The van der Waals surface area contributed by atoms with Gasteiger partial charge in [0.15, 0.2) is 0 Å². The number of hydrogen-bond donors (Lipinski definition) is 1. The predicted octanol–water partition coefficient (Wildman–Crippen LogP) is 13.5. The third kappa shape index (κ3) is 41.4. The first-order valence-electron chi connectivity index (χ1n) is 20.5. The van der Waals surface area contributed by atoms with Crippen LogP contribution in [-0.4, -0.2) is 37.0 Å². The molecule has 1 unspecified atom stereocenters. The molecule has 0 heterocycles. The number of carbonyl (C=O) groups excluding carboxylic acids is 1. The maximum atomic E-state index is 12.2. The van der Waals surface area contributed by atoms with Crippen molar-refractivity contribution in [2.45, 2.75) is 161 Å². The van der Waals surface area contributed by atoms with Gasteiger partial charge in [-0.05, 0) is 96.3 Å². The molecule has 0 aliphatic rings. The molecule has 0 aliphatic heterocycles. The number of aliphatic hydroxyl groups excluding tert-OH is 1. The van der Waals surface area contributed by atoms with Gasteiger partial charge in [-0.2, -0.15) is 0 Å². The van der Waals surface area contributed by atoms with Gasteiger partial charge in [0.2, 0.25) is 0 Å². The fourth-order valence-electron chi connectivity index (χ4n) is 5.11. The molecule has 1 N–H and O–H groups in total. The molecular weight excluding hydrogens is 629 g/mol. The monoisotopic (exact) mass is 705 g/mol. The fourth-order valence-corrected chi connectivity index (χ4v) is 5.11. The van der Waals surface area contributed by atoms with Crippen LogP contribution >= 0.6 is 0 Å². The van der Waals surface area contributed by atoms with Crippen LogP contribution in [0.5, 0.6) is 0 Å². The number of unbranched alkanes of at least 4 members (excludes halogenated alkanes) is 10. The highest BCUT2D eigenvalue weighted by molar-refractivity contribution is 5.69. The Labute approximate surface area is 315 Å². The van der Waals surface area contributed by atoms with Gasteiger partial charge in [0, 0.05) is 13.0 Å². The van der Waals surface area contributed by atoms with Crippen molar-refractivity contribution < 1.29 is 19.4 Å². The van der Waals surface area contributed by atoms with Crippen molar-refractivity contribution in [2.24, 2.45) is 0 Å². The Hall–Kier alpha value is -2.95. The summed E-state index contributed by atoms with van der Waals surface area (Å²) in [6.07, 6.45) is 62.8. The Bertz CT molecular complexity index is 1010. The largest absolute Gasteiger partial charge is 0.457 e. The fraction of sp³-hybridized carbons (Fsp3) is 0.596. The maximum Gasteiger partial charge on any atom is 0.306 e. The van der Waals surface area contributed by atoms with Crippen LogP contribution in [0.25, 0.3) is 0 Å². The second kappa shape index (κ2) is 43.2. The third-order valence-corrected chi connectivity index (χ3v) is 8.09. The van der Waals surface area contributed by atoms with Gasteiger partial charge in [-0.3, -0.25) is 4.79 Å².